The molecule has 0 aliphatic heterocycles. The van der Waals surface area contributed by atoms with E-state index in [1.807, 2.05) is 0 Å². The van der Waals surface area contributed by atoms with Crippen molar-refractivity contribution in [3.05, 3.63) is 51.2 Å². The second-order valence-electron chi connectivity index (χ2n) is 4.65. The molecule has 0 atom stereocenters. The van der Waals surface area contributed by atoms with E-state index in [0.29, 0.717) is 15.2 Å². The molecule has 0 fully saturated rings. The third-order valence-corrected chi connectivity index (χ3v) is 3.62. The Bertz CT molecular complexity index is 808. The number of aromatic nitrogens is 1. The van der Waals surface area contributed by atoms with Gasteiger partial charge in [-0.1, -0.05) is 11.6 Å². The maximum absolute atomic E-state index is 12.1. The summed E-state index contributed by atoms with van der Waals surface area (Å²) in [4.78, 5) is 38.1. The van der Waals surface area contributed by atoms with Gasteiger partial charge in [0.05, 0.1) is 12.7 Å². The van der Waals surface area contributed by atoms with Gasteiger partial charge in [0.2, 0.25) is 0 Å². The van der Waals surface area contributed by atoms with Crippen LogP contribution in [0.2, 0.25) is 5.02 Å². The molecule has 0 unspecified atom stereocenters. The van der Waals surface area contributed by atoms with Crippen molar-refractivity contribution < 1.29 is 23.9 Å². The zero-order valence-corrected chi connectivity index (χ0v) is 15.2. The summed E-state index contributed by atoms with van der Waals surface area (Å²) in [5.74, 6) is -1.76. The van der Waals surface area contributed by atoms with Crippen molar-refractivity contribution in [3.63, 3.8) is 0 Å². The molecule has 25 heavy (non-hydrogen) atoms. The Balaban J connectivity index is 1.84. The number of rotatable bonds is 5. The number of hydrazine groups is 1. The fourth-order valence-corrected chi connectivity index (χ4v) is 2.30. The first-order chi connectivity index (χ1) is 11.9. The van der Waals surface area contributed by atoms with Crippen LogP contribution < -0.4 is 15.6 Å². The Morgan fingerprint density at radius 2 is 2.00 bits per heavy atom. The number of benzene rings is 1. The molecule has 0 saturated carbocycles. The molecule has 10 heteroatoms. The molecule has 8 nitrogen and oxygen atoms in total. The number of ether oxygens (including phenoxy) is 2. The molecule has 0 radical (unpaired) electrons. The van der Waals surface area contributed by atoms with E-state index in [1.165, 1.54) is 25.3 Å². The number of carbonyl (C=O) groups is 3. The van der Waals surface area contributed by atoms with Gasteiger partial charge < -0.3 is 14.5 Å². The van der Waals surface area contributed by atoms with Crippen LogP contribution in [-0.4, -0.2) is 36.5 Å². The summed E-state index contributed by atoms with van der Waals surface area (Å²) in [6.45, 7) is -0.567. The highest BCUT2D eigenvalue weighted by Gasteiger charge is 2.15. The molecule has 1 heterocycles. The fraction of sp³-hybridized carbons (Fsp3) is 0.133. The summed E-state index contributed by atoms with van der Waals surface area (Å²) in [6, 6.07) is 5.99. The van der Waals surface area contributed by atoms with E-state index < -0.39 is 24.4 Å². The first-order valence-electron chi connectivity index (χ1n) is 6.84. The minimum atomic E-state index is -0.715. The van der Waals surface area contributed by atoms with Crippen LogP contribution in [0.3, 0.4) is 0 Å². The highest BCUT2D eigenvalue weighted by molar-refractivity contribution is 9.10. The van der Waals surface area contributed by atoms with Crippen LogP contribution >= 0.6 is 27.5 Å². The number of H-pyrrole nitrogens is 1. The number of aromatic amines is 1. The first-order valence-corrected chi connectivity index (χ1v) is 8.01. The molecule has 0 spiro atoms. The van der Waals surface area contributed by atoms with E-state index in [1.54, 1.807) is 12.3 Å². The Kier molecular flexibility index (Phi) is 6.43. The van der Waals surface area contributed by atoms with E-state index >= 15 is 0 Å². The van der Waals surface area contributed by atoms with E-state index in [2.05, 4.69) is 31.8 Å². The van der Waals surface area contributed by atoms with Crippen molar-refractivity contribution in [1.82, 2.24) is 15.8 Å². The lowest BCUT2D eigenvalue weighted by molar-refractivity contribution is -0.125. The van der Waals surface area contributed by atoms with Gasteiger partial charge in [-0.25, -0.2) is 4.79 Å². The van der Waals surface area contributed by atoms with Crippen LogP contribution in [0.1, 0.15) is 20.8 Å². The highest BCUT2D eigenvalue weighted by Crippen LogP contribution is 2.22. The number of methoxy groups -OCH3 is 1. The predicted octanol–water partition coefficient (Wildman–Crippen LogP) is 2.06. The molecule has 0 aliphatic carbocycles. The van der Waals surface area contributed by atoms with Gasteiger partial charge in [0, 0.05) is 15.7 Å². The molecule has 2 aromatic rings. The van der Waals surface area contributed by atoms with E-state index in [4.69, 9.17) is 21.1 Å². The van der Waals surface area contributed by atoms with E-state index in [0.717, 1.165) is 0 Å². The monoisotopic (exact) mass is 429 g/mol. The van der Waals surface area contributed by atoms with Gasteiger partial charge >= 0.3 is 5.97 Å². The first kappa shape index (κ1) is 18.8. The maximum atomic E-state index is 12.1. The minimum absolute atomic E-state index is 0.142. The number of carbonyl (C=O) groups excluding carboxylic acids is 3. The summed E-state index contributed by atoms with van der Waals surface area (Å²) >= 11 is 9.01. The predicted molar refractivity (Wildman–Crippen MR) is 92.4 cm³/mol. The Morgan fingerprint density at radius 3 is 2.64 bits per heavy atom. The Morgan fingerprint density at radius 1 is 1.24 bits per heavy atom. The summed E-state index contributed by atoms with van der Waals surface area (Å²) < 4.78 is 10.5. The topological polar surface area (TPSA) is 110 Å². The molecule has 132 valence electrons. The van der Waals surface area contributed by atoms with E-state index in [9.17, 15) is 14.4 Å². The van der Waals surface area contributed by atoms with Crippen molar-refractivity contribution >= 4 is 45.3 Å². The summed E-state index contributed by atoms with van der Waals surface area (Å²) in [5.41, 5.74) is 4.64. The van der Waals surface area contributed by atoms with Crippen LogP contribution in [0.25, 0.3) is 0 Å². The standard InChI is InChI=1S/C15H13BrClN3O5/c1-24-12-3-2-9(17)5-10(12)14(22)20-19-13(21)7-25-15(23)11-4-8(16)6-18-11/h2-6,18H,7H2,1H3,(H,19,21)(H,20,22). The lowest BCUT2D eigenvalue weighted by Crippen LogP contribution is -2.43. The largest absolute Gasteiger partial charge is 0.496 e. The normalized spacial score (nSPS) is 10.0. The molecular weight excluding hydrogens is 418 g/mol. The van der Waals surface area contributed by atoms with Crippen molar-refractivity contribution in [2.45, 2.75) is 0 Å². The summed E-state index contributed by atoms with van der Waals surface area (Å²) in [5, 5.41) is 0.336. The Labute approximate surface area is 155 Å². The van der Waals surface area contributed by atoms with Crippen molar-refractivity contribution in [2.75, 3.05) is 13.7 Å². The lowest BCUT2D eigenvalue weighted by atomic mass is 10.2. The van der Waals surface area contributed by atoms with Crippen LogP contribution in [0, 0.1) is 0 Å². The number of hydrogen-bond donors (Lipinski definition) is 3. The summed E-state index contributed by atoms with van der Waals surface area (Å²) in [6.07, 6.45) is 1.55. The third kappa shape index (κ3) is 5.23. The molecular formula is C15H13BrClN3O5. The quantitative estimate of drug-likeness (QED) is 0.497. The lowest BCUT2D eigenvalue weighted by Gasteiger charge is -2.10. The van der Waals surface area contributed by atoms with Gasteiger partial charge in [0.15, 0.2) is 6.61 Å². The van der Waals surface area contributed by atoms with Crippen molar-refractivity contribution in [2.24, 2.45) is 0 Å². The third-order valence-electron chi connectivity index (χ3n) is 2.92. The van der Waals surface area contributed by atoms with Crippen molar-refractivity contribution in [3.8, 4) is 5.75 Å². The van der Waals surface area contributed by atoms with E-state index in [-0.39, 0.29) is 11.3 Å². The molecule has 1 aromatic carbocycles. The zero-order valence-electron chi connectivity index (χ0n) is 12.9. The van der Waals surface area contributed by atoms with Gasteiger partial charge in [-0.05, 0) is 40.2 Å². The Hall–Kier alpha value is -2.52. The smallest absolute Gasteiger partial charge is 0.355 e. The van der Waals surface area contributed by atoms with Crippen LogP contribution in [0.15, 0.2) is 34.9 Å². The fourth-order valence-electron chi connectivity index (χ4n) is 1.78. The second kappa shape index (κ2) is 8.54. The molecule has 0 bridgehead atoms. The molecule has 3 N–H and O–H groups in total. The molecule has 2 amide bonds. The van der Waals surface area contributed by atoms with Gasteiger partial charge in [-0.3, -0.25) is 20.4 Å². The number of halogens is 2. The number of amides is 2. The van der Waals surface area contributed by atoms with Gasteiger partial charge in [-0.2, -0.15) is 0 Å². The SMILES string of the molecule is COc1ccc(Cl)cc1C(=O)NNC(=O)COC(=O)c1cc(Br)c[nH]1. The van der Waals surface area contributed by atoms with Crippen LogP contribution in [0.5, 0.6) is 5.75 Å². The molecule has 1 aromatic heterocycles. The van der Waals surface area contributed by atoms with Gasteiger partial charge in [-0.15, -0.1) is 0 Å². The zero-order chi connectivity index (χ0) is 18.4. The molecule has 0 saturated heterocycles. The van der Waals surface area contributed by atoms with Crippen molar-refractivity contribution in [1.29, 1.82) is 0 Å². The molecule has 0 aliphatic rings. The number of esters is 1. The highest BCUT2D eigenvalue weighted by atomic mass is 79.9. The summed E-state index contributed by atoms with van der Waals surface area (Å²) in [7, 11) is 1.40. The van der Waals surface area contributed by atoms with Crippen LogP contribution in [-0.2, 0) is 9.53 Å². The average molecular weight is 431 g/mol. The van der Waals surface area contributed by atoms with Gasteiger partial charge in [0.25, 0.3) is 11.8 Å². The maximum Gasteiger partial charge on any atom is 0.355 e. The minimum Gasteiger partial charge on any atom is -0.496 e. The second-order valence-corrected chi connectivity index (χ2v) is 6.01. The average Bonchev–Trinajstić information content (AvgIpc) is 3.04. The van der Waals surface area contributed by atoms with Crippen LogP contribution in [0.4, 0.5) is 0 Å². The number of hydrogen-bond acceptors (Lipinski definition) is 5. The van der Waals surface area contributed by atoms with Gasteiger partial charge in [0.1, 0.15) is 11.4 Å². The molecule has 2 rings (SSSR count). The number of nitrogens with one attached hydrogen (secondary N) is 3.